The number of rotatable bonds is 15. The van der Waals surface area contributed by atoms with Crippen molar-refractivity contribution in [3.8, 4) is 0 Å². The van der Waals surface area contributed by atoms with Gasteiger partial charge in [-0.05, 0) is 30.2 Å². The standard InChI is InChI=1S/C29H34O9S/c1-21-13-15-25(16-14-21)39(33,34)38-27(20-36-18-24-11-7-4-8-12-24)29(32)28(31)26(37-22(2)30)19-35-17-23-9-5-3-6-10-23/h3-16,26-29,31-32H,17-20H2,1-2H3/t26-,27-,28-,29-/m1/s1. The number of aryl methyl sites for hydroxylation is 1. The number of ether oxygens (including phenoxy) is 3. The number of aliphatic hydroxyl groups is 2. The summed E-state index contributed by atoms with van der Waals surface area (Å²) in [6, 6.07) is 24.4. The lowest BCUT2D eigenvalue weighted by Gasteiger charge is -2.30. The highest BCUT2D eigenvalue weighted by Crippen LogP contribution is 2.20. The van der Waals surface area contributed by atoms with Crippen molar-refractivity contribution in [3.05, 3.63) is 102 Å². The van der Waals surface area contributed by atoms with Crippen LogP contribution in [-0.2, 0) is 46.5 Å². The van der Waals surface area contributed by atoms with E-state index in [1.54, 1.807) is 12.1 Å². The van der Waals surface area contributed by atoms with Gasteiger partial charge in [0.1, 0.15) is 18.3 Å². The summed E-state index contributed by atoms with van der Waals surface area (Å²) >= 11 is 0. The SMILES string of the molecule is CC(=O)O[C@H](COCc1ccccc1)[C@@H](O)[C@H](O)[C@@H](COCc1ccccc1)OS(=O)(=O)c1ccc(C)cc1. The van der Waals surface area contributed by atoms with Crippen LogP contribution in [-0.4, -0.2) is 62.2 Å². The van der Waals surface area contributed by atoms with Crippen LogP contribution in [0.25, 0.3) is 0 Å². The third kappa shape index (κ3) is 9.85. The van der Waals surface area contributed by atoms with Gasteiger partial charge >= 0.3 is 5.97 Å². The maximum atomic E-state index is 13.0. The van der Waals surface area contributed by atoms with Gasteiger partial charge in [-0.15, -0.1) is 0 Å². The van der Waals surface area contributed by atoms with E-state index in [-0.39, 0.29) is 31.3 Å². The number of benzene rings is 3. The summed E-state index contributed by atoms with van der Waals surface area (Å²) in [5, 5.41) is 22.0. The van der Waals surface area contributed by atoms with Crippen LogP contribution in [0.15, 0.2) is 89.8 Å². The van der Waals surface area contributed by atoms with Gasteiger partial charge in [0.05, 0.1) is 31.3 Å². The molecule has 0 aliphatic carbocycles. The van der Waals surface area contributed by atoms with E-state index in [9.17, 15) is 23.4 Å². The molecule has 0 unspecified atom stereocenters. The number of carbonyl (C=O) groups is 1. The van der Waals surface area contributed by atoms with Crippen LogP contribution in [0, 0.1) is 6.92 Å². The normalized spacial score (nSPS) is 14.8. The van der Waals surface area contributed by atoms with Gasteiger partial charge in [0.25, 0.3) is 10.1 Å². The fraction of sp³-hybridized carbons (Fsp3) is 0.345. The number of aliphatic hydroxyl groups excluding tert-OH is 2. The van der Waals surface area contributed by atoms with Crippen LogP contribution >= 0.6 is 0 Å². The van der Waals surface area contributed by atoms with Crippen LogP contribution in [0.3, 0.4) is 0 Å². The first-order valence-corrected chi connectivity index (χ1v) is 13.8. The summed E-state index contributed by atoms with van der Waals surface area (Å²) in [5.74, 6) is -0.709. The minimum atomic E-state index is -4.34. The monoisotopic (exact) mass is 558 g/mol. The molecule has 9 nitrogen and oxygen atoms in total. The Bertz CT molecular complexity index is 1250. The van der Waals surface area contributed by atoms with Gasteiger partial charge in [-0.25, -0.2) is 0 Å². The van der Waals surface area contributed by atoms with Crippen molar-refractivity contribution in [2.75, 3.05) is 13.2 Å². The van der Waals surface area contributed by atoms with Crippen molar-refractivity contribution in [2.45, 2.75) is 56.4 Å². The summed E-state index contributed by atoms with van der Waals surface area (Å²) in [6.45, 7) is 2.62. The zero-order valence-corrected chi connectivity index (χ0v) is 22.7. The molecule has 10 heteroatoms. The highest BCUT2D eigenvalue weighted by molar-refractivity contribution is 7.86. The van der Waals surface area contributed by atoms with Crippen molar-refractivity contribution in [2.24, 2.45) is 0 Å². The third-order valence-corrected chi connectivity index (χ3v) is 7.13. The highest BCUT2D eigenvalue weighted by Gasteiger charge is 2.38. The molecule has 0 heterocycles. The minimum Gasteiger partial charge on any atom is -0.457 e. The highest BCUT2D eigenvalue weighted by atomic mass is 32.2. The minimum absolute atomic E-state index is 0.113. The molecule has 39 heavy (non-hydrogen) atoms. The second kappa shape index (κ2) is 14.9. The second-order valence-electron chi connectivity index (χ2n) is 9.03. The number of hydrogen-bond acceptors (Lipinski definition) is 9. The molecule has 2 N–H and O–H groups in total. The van der Waals surface area contributed by atoms with Gasteiger partial charge in [0, 0.05) is 6.92 Å². The molecule has 0 amide bonds. The smallest absolute Gasteiger partial charge is 0.303 e. The van der Waals surface area contributed by atoms with Gasteiger partial charge in [0.2, 0.25) is 0 Å². The van der Waals surface area contributed by atoms with Crippen LogP contribution in [0.5, 0.6) is 0 Å². The van der Waals surface area contributed by atoms with Gasteiger partial charge in [-0.3, -0.25) is 8.98 Å². The van der Waals surface area contributed by atoms with Crippen molar-refractivity contribution < 1.29 is 41.8 Å². The molecule has 0 aromatic heterocycles. The molecule has 0 aliphatic heterocycles. The zero-order valence-electron chi connectivity index (χ0n) is 21.9. The lowest BCUT2D eigenvalue weighted by atomic mass is 10.0. The van der Waals surface area contributed by atoms with Crippen LogP contribution < -0.4 is 0 Å². The van der Waals surface area contributed by atoms with E-state index in [4.69, 9.17) is 18.4 Å². The van der Waals surface area contributed by atoms with E-state index >= 15 is 0 Å². The predicted molar refractivity (Wildman–Crippen MR) is 143 cm³/mol. The maximum Gasteiger partial charge on any atom is 0.303 e. The fourth-order valence-corrected chi connectivity index (χ4v) is 4.77. The molecular weight excluding hydrogens is 524 g/mol. The van der Waals surface area contributed by atoms with E-state index < -0.39 is 40.5 Å². The molecule has 0 radical (unpaired) electrons. The first-order valence-electron chi connectivity index (χ1n) is 12.4. The topological polar surface area (TPSA) is 129 Å². The Labute approximate surface area is 229 Å². The molecule has 0 fully saturated rings. The Morgan fingerprint density at radius 1 is 0.744 bits per heavy atom. The van der Waals surface area contributed by atoms with E-state index in [1.165, 1.54) is 12.1 Å². The fourth-order valence-electron chi connectivity index (χ4n) is 3.70. The van der Waals surface area contributed by atoms with E-state index in [1.807, 2.05) is 67.6 Å². The molecular formula is C29H34O9S. The van der Waals surface area contributed by atoms with Gasteiger partial charge in [-0.2, -0.15) is 8.42 Å². The average molecular weight is 559 g/mol. The Balaban J connectivity index is 1.75. The van der Waals surface area contributed by atoms with E-state index in [0.717, 1.165) is 23.6 Å². The van der Waals surface area contributed by atoms with Crippen molar-refractivity contribution in [3.63, 3.8) is 0 Å². The quantitative estimate of drug-likeness (QED) is 0.213. The molecule has 0 bridgehead atoms. The third-order valence-electron chi connectivity index (χ3n) is 5.78. The van der Waals surface area contributed by atoms with Crippen molar-refractivity contribution >= 4 is 16.1 Å². The molecule has 0 saturated carbocycles. The Morgan fingerprint density at radius 3 is 1.69 bits per heavy atom. The summed E-state index contributed by atoms with van der Waals surface area (Å²) in [6.07, 6.45) is -6.39. The number of carbonyl (C=O) groups excluding carboxylic acids is 1. The first kappa shape index (κ1) is 30.4. The second-order valence-corrected chi connectivity index (χ2v) is 10.6. The molecule has 3 aromatic rings. The lowest BCUT2D eigenvalue weighted by Crippen LogP contribution is -2.50. The largest absolute Gasteiger partial charge is 0.457 e. The molecule has 4 atom stereocenters. The molecule has 0 aliphatic rings. The molecule has 210 valence electrons. The lowest BCUT2D eigenvalue weighted by molar-refractivity contribution is -0.171. The van der Waals surface area contributed by atoms with Crippen molar-refractivity contribution in [1.29, 1.82) is 0 Å². The number of esters is 1. The summed E-state index contributed by atoms with van der Waals surface area (Å²) in [4.78, 5) is 11.6. The van der Waals surface area contributed by atoms with E-state index in [0.29, 0.717) is 0 Å². The summed E-state index contributed by atoms with van der Waals surface area (Å²) in [7, 11) is -4.34. The van der Waals surface area contributed by atoms with Crippen LogP contribution in [0.2, 0.25) is 0 Å². The Kier molecular flexibility index (Phi) is 11.6. The zero-order chi connectivity index (χ0) is 28.3. The Hall–Kier alpha value is -3.12. The molecule has 0 spiro atoms. The average Bonchev–Trinajstić information content (AvgIpc) is 2.92. The molecule has 3 rings (SSSR count). The number of hydrogen-bond donors (Lipinski definition) is 2. The Morgan fingerprint density at radius 2 is 1.21 bits per heavy atom. The van der Waals surface area contributed by atoms with Crippen LogP contribution in [0.1, 0.15) is 23.6 Å². The van der Waals surface area contributed by atoms with Gasteiger partial charge in [0.15, 0.2) is 6.10 Å². The van der Waals surface area contributed by atoms with Crippen LogP contribution in [0.4, 0.5) is 0 Å². The van der Waals surface area contributed by atoms with Crippen molar-refractivity contribution in [1.82, 2.24) is 0 Å². The molecule has 3 aromatic carbocycles. The summed E-state index contributed by atoms with van der Waals surface area (Å²) in [5.41, 5.74) is 2.53. The molecule has 0 saturated heterocycles. The van der Waals surface area contributed by atoms with Gasteiger partial charge in [-0.1, -0.05) is 78.4 Å². The summed E-state index contributed by atoms with van der Waals surface area (Å²) < 4.78 is 47.9. The maximum absolute atomic E-state index is 13.0. The predicted octanol–water partition coefficient (Wildman–Crippen LogP) is 3.16. The first-order chi connectivity index (χ1) is 18.7. The van der Waals surface area contributed by atoms with E-state index in [2.05, 4.69) is 0 Å². The van der Waals surface area contributed by atoms with Gasteiger partial charge < -0.3 is 24.4 Å².